The molecule has 1 saturated heterocycles. The van der Waals surface area contributed by atoms with Crippen LogP contribution in [0.2, 0.25) is 0 Å². The molecule has 5 heteroatoms. The van der Waals surface area contributed by atoms with Gasteiger partial charge in [-0.3, -0.25) is 9.63 Å². The van der Waals surface area contributed by atoms with Crippen LogP contribution in [0.4, 0.5) is 8.78 Å². The van der Waals surface area contributed by atoms with Crippen molar-refractivity contribution in [3.8, 4) is 0 Å². The second-order valence-corrected chi connectivity index (χ2v) is 4.37. The summed E-state index contributed by atoms with van der Waals surface area (Å²) < 4.78 is 25.0. The number of hydrogen-bond acceptors (Lipinski definition) is 2. The van der Waals surface area contributed by atoms with Crippen molar-refractivity contribution in [2.75, 3.05) is 13.2 Å². The Morgan fingerprint density at radius 3 is 2.67 bits per heavy atom. The predicted molar refractivity (Wildman–Crippen MR) is 49.2 cm³/mol. The Morgan fingerprint density at radius 1 is 1.40 bits per heavy atom. The van der Waals surface area contributed by atoms with Gasteiger partial charge in [-0.05, 0) is 18.8 Å². The van der Waals surface area contributed by atoms with Gasteiger partial charge in [0, 0.05) is 25.8 Å². The van der Waals surface area contributed by atoms with Crippen LogP contribution >= 0.6 is 0 Å². The largest absolute Gasteiger partial charge is 0.273 e. The summed E-state index contributed by atoms with van der Waals surface area (Å²) in [6, 6.07) is 0. The molecule has 0 aromatic heterocycles. The number of nitrogens with zero attached hydrogens (tertiary/aromatic N) is 1. The number of carbonyl (C=O) groups excluding carboxylic acids is 1. The third-order valence-electron chi connectivity index (χ3n) is 2.92. The highest BCUT2D eigenvalue weighted by Crippen LogP contribution is 2.44. The molecule has 3 nitrogen and oxygen atoms in total. The molecule has 86 valence electrons. The maximum absolute atomic E-state index is 12.5. The van der Waals surface area contributed by atoms with Gasteiger partial charge in [0.15, 0.2) is 0 Å². The molecule has 1 saturated carbocycles. The van der Waals surface area contributed by atoms with Gasteiger partial charge < -0.3 is 0 Å². The summed E-state index contributed by atoms with van der Waals surface area (Å²) in [5.41, 5.74) is 0. The Balaban J connectivity index is 1.73. The summed E-state index contributed by atoms with van der Waals surface area (Å²) in [5.74, 6) is -2.83. The van der Waals surface area contributed by atoms with Gasteiger partial charge in [0.25, 0.3) is 0 Å². The van der Waals surface area contributed by atoms with E-state index >= 15 is 0 Å². The van der Waals surface area contributed by atoms with Crippen molar-refractivity contribution in [2.45, 2.75) is 38.0 Å². The Hall–Kier alpha value is -0.710. The lowest BCUT2D eigenvalue weighted by atomic mass is 9.79. The molecule has 1 aliphatic heterocycles. The highest BCUT2D eigenvalue weighted by atomic mass is 19.3. The Morgan fingerprint density at radius 2 is 2.13 bits per heavy atom. The molecule has 0 aromatic rings. The zero-order valence-electron chi connectivity index (χ0n) is 8.55. The van der Waals surface area contributed by atoms with Gasteiger partial charge in [0.05, 0.1) is 6.61 Å². The lowest BCUT2D eigenvalue weighted by Gasteiger charge is -2.36. The molecule has 0 atom stereocenters. The minimum absolute atomic E-state index is 0.143. The van der Waals surface area contributed by atoms with Gasteiger partial charge in [-0.2, -0.15) is 0 Å². The molecule has 0 unspecified atom stereocenters. The first-order valence-electron chi connectivity index (χ1n) is 5.38. The van der Waals surface area contributed by atoms with E-state index in [-0.39, 0.29) is 31.1 Å². The first-order chi connectivity index (χ1) is 7.07. The summed E-state index contributed by atoms with van der Waals surface area (Å²) >= 11 is 0. The van der Waals surface area contributed by atoms with Gasteiger partial charge >= 0.3 is 0 Å². The highest BCUT2D eigenvalue weighted by molar-refractivity contribution is 5.75. The van der Waals surface area contributed by atoms with Crippen LogP contribution in [0.25, 0.3) is 0 Å². The Kier molecular flexibility index (Phi) is 2.91. The monoisotopic (exact) mass is 219 g/mol. The molecule has 1 amide bonds. The predicted octanol–water partition coefficient (Wildman–Crippen LogP) is 1.98. The smallest absolute Gasteiger partial charge is 0.248 e. The van der Waals surface area contributed by atoms with E-state index < -0.39 is 5.92 Å². The molecule has 2 rings (SSSR count). The molecule has 0 aromatic carbocycles. The number of rotatable bonds is 2. The normalized spacial score (nSPS) is 26.1. The fourth-order valence-electron chi connectivity index (χ4n) is 2.07. The SMILES string of the molecule is O=C(CC1CC(F)(F)C1)N1CCCCO1. The fourth-order valence-corrected chi connectivity index (χ4v) is 2.07. The van der Waals surface area contributed by atoms with Crippen molar-refractivity contribution in [1.82, 2.24) is 5.06 Å². The van der Waals surface area contributed by atoms with Crippen molar-refractivity contribution >= 4 is 5.91 Å². The van der Waals surface area contributed by atoms with E-state index in [1.165, 1.54) is 5.06 Å². The first kappa shape index (κ1) is 10.8. The fraction of sp³-hybridized carbons (Fsp3) is 0.900. The van der Waals surface area contributed by atoms with Crippen LogP contribution in [0, 0.1) is 5.92 Å². The number of halogens is 2. The second-order valence-electron chi connectivity index (χ2n) is 4.37. The Labute approximate surface area is 87.3 Å². The van der Waals surface area contributed by atoms with Crippen LogP contribution in [-0.4, -0.2) is 30.0 Å². The van der Waals surface area contributed by atoms with E-state index in [2.05, 4.69) is 0 Å². The zero-order valence-corrected chi connectivity index (χ0v) is 8.55. The third kappa shape index (κ3) is 2.65. The third-order valence-corrected chi connectivity index (χ3v) is 2.92. The summed E-state index contributed by atoms with van der Waals surface area (Å²) in [7, 11) is 0. The first-order valence-corrected chi connectivity index (χ1v) is 5.38. The molecule has 1 aliphatic carbocycles. The summed E-state index contributed by atoms with van der Waals surface area (Å²) in [5, 5.41) is 1.33. The second kappa shape index (κ2) is 4.04. The van der Waals surface area contributed by atoms with Gasteiger partial charge in [-0.15, -0.1) is 0 Å². The minimum Gasteiger partial charge on any atom is -0.273 e. The standard InChI is InChI=1S/C10H15F2NO2/c11-10(12)6-8(7-10)5-9(14)13-3-1-2-4-15-13/h8H,1-7H2. The molecule has 2 aliphatic rings. The van der Waals surface area contributed by atoms with Crippen molar-refractivity contribution in [3.05, 3.63) is 0 Å². The molecule has 0 spiro atoms. The Bertz CT molecular complexity index is 244. The van der Waals surface area contributed by atoms with Crippen molar-refractivity contribution in [2.24, 2.45) is 5.92 Å². The molecule has 0 bridgehead atoms. The molecular weight excluding hydrogens is 204 g/mol. The van der Waals surface area contributed by atoms with Crippen LogP contribution in [-0.2, 0) is 9.63 Å². The quantitative estimate of drug-likeness (QED) is 0.710. The van der Waals surface area contributed by atoms with Gasteiger partial charge in [0.1, 0.15) is 0 Å². The molecule has 0 N–H and O–H groups in total. The molecular formula is C10H15F2NO2. The number of hydrogen-bond donors (Lipinski definition) is 0. The average Bonchev–Trinajstić information content (AvgIpc) is 2.16. The number of alkyl halides is 2. The summed E-state index contributed by atoms with van der Waals surface area (Å²) in [4.78, 5) is 16.7. The number of amides is 1. The van der Waals surface area contributed by atoms with E-state index in [0.29, 0.717) is 13.2 Å². The highest BCUT2D eigenvalue weighted by Gasteiger charge is 2.46. The van der Waals surface area contributed by atoms with E-state index in [9.17, 15) is 13.6 Å². The lowest BCUT2D eigenvalue weighted by molar-refractivity contribution is -0.201. The number of hydroxylamine groups is 2. The van der Waals surface area contributed by atoms with Crippen molar-refractivity contribution < 1.29 is 18.4 Å². The van der Waals surface area contributed by atoms with Crippen LogP contribution in [0.15, 0.2) is 0 Å². The molecule has 1 heterocycles. The topological polar surface area (TPSA) is 29.5 Å². The van der Waals surface area contributed by atoms with Crippen molar-refractivity contribution in [1.29, 1.82) is 0 Å². The van der Waals surface area contributed by atoms with Crippen LogP contribution in [0.1, 0.15) is 32.1 Å². The van der Waals surface area contributed by atoms with Gasteiger partial charge in [0.2, 0.25) is 11.8 Å². The summed E-state index contributed by atoms with van der Waals surface area (Å²) in [6.45, 7) is 1.16. The average molecular weight is 219 g/mol. The van der Waals surface area contributed by atoms with E-state index in [1.54, 1.807) is 0 Å². The van der Waals surface area contributed by atoms with E-state index in [4.69, 9.17) is 4.84 Å². The molecule has 15 heavy (non-hydrogen) atoms. The van der Waals surface area contributed by atoms with E-state index in [1.807, 2.05) is 0 Å². The van der Waals surface area contributed by atoms with Gasteiger partial charge in [-0.25, -0.2) is 13.8 Å². The number of carbonyl (C=O) groups is 1. The molecule has 0 radical (unpaired) electrons. The minimum atomic E-state index is -2.53. The van der Waals surface area contributed by atoms with Gasteiger partial charge in [-0.1, -0.05) is 0 Å². The van der Waals surface area contributed by atoms with Crippen LogP contribution in [0.5, 0.6) is 0 Å². The maximum Gasteiger partial charge on any atom is 0.248 e. The summed E-state index contributed by atoms with van der Waals surface area (Å²) in [6.07, 6.45) is 1.81. The lowest BCUT2D eigenvalue weighted by Crippen LogP contribution is -2.41. The molecule has 2 fully saturated rings. The van der Waals surface area contributed by atoms with Crippen LogP contribution in [0.3, 0.4) is 0 Å². The zero-order chi connectivity index (χ0) is 10.9. The van der Waals surface area contributed by atoms with E-state index in [0.717, 1.165) is 12.8 Å². The van der Waals surface area contributed by atoms with Crippen LogP contribution < -0.4 is 0 Å². The van der Waals surface area contributed by atoms with Crippen molar-refractivity contribution in [3.63, 3.8) is 0 Å². The maximum atomic E-state index is 12.5.